The molecule has 0 aromatic carbocycles. The molecule has 1 saturated heterocycles. The largest absolute Gasteiger partial charge is 0.298 e. The number of nitrogens with one attached hydrogen (secondary N) is 1. The van der Waals surface area contributed by atoms with Gasteiger partial charge < -0.3 is 0 Å². The van der Waals surface area contributed by atoms with Crippen LogP contribution < -0.4 is 5.32 Å². The Kier molecular flexibility index (Phi) is 4.97. The van der Waals surface area contributed by atoms with Gasteiger partial charge in [0.2, 0.25) is 11.8 Å². The fourth-order valence-corrected chi connectivity index (χ4v) is 2.00. The Labute approximate surface area is 107 Å². The van der Waals surface area contributed by atoms with Gasteiger partial charge in [-0.25, -0.2) is 0 Å². The number of nitrogens with zero attached hydrogens (tertiary/aromatic N) is 1. The molecule has 0 bridgehead atoms. The molecule has 1 fully saturated rings. The maximum Gasteiger partial charge on any atom is 0.243 e. The van der Waals surface area contributed by atoms with Gasteiger partial charge in [-0.15, -0.1) is 0 Å². The number of hydrogen-bond acceptors (Lipinski definition) is 4. The van der Waals surface area contributed by atoms with Crippen LogP contribution in [0.2, 0.25) is 0 Å². The van der Waals surface area contributed by atoms with E-state index in [2.05, 4.69) is 11.9 Å². The molecule has 0 radical (unpaired) electrons. The first-order chi connectivity index (χ1) is 8.49. The molecule has 18 heavy (non-hydrogen) atoms. The van der Waals surface area contributed by atoms with Crippen LogP contribution in [0.25, 0.3) is 0 Å². The zero-order valence-corrected chi connectivity index (χ0v) is 10.7. The van der Waals surface area contributed by atoms with Crippen LogP contribution in [0, 0.1) is 0 Å². The first-order valence-electron chi connectivity index (χ1n) is 5.81. The Morgan fingerprint density at radius 3 is 2.72 bits per heavy atom. The number of aldehydes is 1. The Morgan fingerprint density at radius 1 is 1.56 bits per heavy atom. The first-order valence-corrected chi connectivity index (χ1v) is 5.81. The number of hydrogen-bond donors (Lipinski definition) is 1. The van der Waals surface area contributed by atoms with E-state index in [0.29, 0.717) is 25.0 Å². The van der Waals surface area contributed by atoms with E-state index in [0.717, 1.165) is 11.9 Å². The Hall–Kier alpha value is -1.75. The number of rotatable bonds is 5. The topological polar surface area (TPSA) is 66.5 Å². The zero-order chi connectivity index (χ0) is 13.7. The summed E-state index contributed by atoms with van der Waals surface area (Å²) in [6.07, 6.45) is 3.12. The molecule has 1 N–H and O–H groups in total. The summed E-state index contributed by atoms with van der Waals surface area (Å²) < 4.78 is 0. The Balaban J connectivity index is 2.71. The normalized spacial score (nSPS) is 21.4. The molecule has 0 aromatic rings. The number of amides is 2. The van der Waals surface area contributed by atoms with Gasteiger partial charge in [-0.2, -0.15) is 0 Å². The second kappa shape index (κ2) is 6.26. The lowest BCUT2D eigenvalue weighted by atomic mass is 10.0. The fraction of sp³-hybridized carbons (Fsp3) is 0.462. The molecule has 1 unspecified atom stereocenters. The summed E-state index contributed by atoms with van der Waals surface area (Å²) in [5.41, 5.74) is 1.39. The number of piperidine rings is 1. The van der Waals surface area contributed by atoms with Crippen LogP contribution in [0.1, 0.15) is 19.8 Å². The van der Waals surface area contributed by atoms with E-state index in [-0.39, 0.29) is 17.9 Å². The van der Waals surface area contributed by atoms with Crippen LogP contribution in [0.15, 0.2) is 23.8 Å². The van der Waals surface area contributed by atoms with Crippen molar-refractivity contribution >= 4 is 18.1 Å². The minimum atomic E-state index is -0.324. The van der Waals surface area contributed by atoms with E-state index in [1.54, 1.807) is 7.05 Å². The second-order valence-corrected chi connectivity index (χ2v) is 4.44. The molecule has 2 amide bonds. The van der Waals surface area contributed by atoms with Crippen molar-refractivity contribution in [1.82, 2.24) is 10.2 Å². The van der Waals surface area contributed by atoms with Crippen LogP contribution in [0.3, 0.4) is 0 Å². The zero-order valence-electron chi connectivity index (χ0n) is 10.7. The third kappa shape index (κ3) is 3.37. The van der Waals surface area contributed by atoms with Crippen molar-refractivity contribution in [2.24, 2.45) is 0 Å². The molecule has 5 nitrogen and oxygen atoms in total. The summed E-state index contributed by atoms with van der Waals surface area (Å²) in [5, 5.41) is 2.32. The molecule has 0 saturated carbocycles. The van der Waals surface area contributed by atoms with Gasteiger partial charge in [0.1, 0.15) is 6.29 Å². The lowest BCUT2D eigenvalue weighted by Gasteiger charge is -2.30. The molecule has 1 rings (SSSR count). The van der Waals surface area contributed by atoms with Crippen LogP contribution in [0.4, 0.5) is 0 Å². The van der Waals surface area contributed by atoms with Crippen molar-refractivity contribution in [3.63, 3.8) is 0 Å². The molecular formula is C13H18N2O3. The van der Waals surface area contributed by atoms with Gasteiger partial charge in [-0.1, -0.05) is 12.7 Å². The summed E-state index contributed by atoms with van der Waals surface area (Å²) >= 11 is 0. The predicted octanol–water partition coefficient (Wildman–Crippen LogP) is 0.425. The molecule has 1 aliphatic heterocycles. The summed E-state index contributed by atoms with van der Waals surface area (Å²) in [6, 6.07) is -0.324. The highest BCUT2D eigenvalue weighted by molar-refractivity contribution is 6.00. The average Bonchev–Trinajstić information content (AvgIpc) is 2.30. The molecule has 0 aliphatic carbocycles. The van der Waals surface area contributed by atoms with Crippen LogP contribution in [-0.4, -0.2) is 42.6 Å². The van der Waals surface area contributed by atoms with Gasteiger partial charge in [0, 0.05) is 18.5 Å². The van der Waals surface area contributed by atoms with E-state index >= 15 is 0 Å². The molecule has 98 valence electrons. The van der Waals surface area contributed by atoms with Crippen molar-refractivity contribution < 1.29 is 14.4 Å². The highest BCUT2D eigenvalue weighted by Crippen LogP contribution is 2.13. The molecule has 0 aromatic heterocycles. The number of likely N-dealkylation sites (N-methyl/N-ethyl adjacent to an activating group) is 1. The maximum absolute atomic E-state index is 11.7. The third-order valence-corrected chi connectivity index (χ3v) is 3.07. The summed E-state index contributed by atoms with van der Waals surface area (Å²) in [6.45, 7) is 5.89. The molecule has 1 atom stereocenters. The molecule has 1 aliphatic rings. The highest BCUT2D eigenvalue weighted by atomic mass is 16.2. The predicted molar refractivity (Wildman–Crippen MR) is 67.8 cm³/mol. The van der Waals surface area contributed by atoms with Crippen LogP contribution >= 0.6 is 0 Å². The Bertz CT molecular complexity index is 402. The monoisotopic (exact) mass is 250 g/mol. The molecule has 5 heteroatoms. The SMILES string of the molecule is C=C/C(C=O)=C(\C)CN(C)C1CCC(=O)NC1=O. The first kappa shape index (κ1) is 14.3. The molecule has 1 heterocycles. The van der Waals surface area contributed by atoms with Crippen molar-refractivity contribution in [3.05, 3.63) is 23.8 Å². The second-order valence-electron chi connectivity index (χ2n) is 4.44. The standard InChI is InChI=1S/C13H18N2O3/c1-4-10(8-16)9(2)7-15(3)11-5-6-12(17)14-13(11)18/h4,8,11H,1,5-7H2,2-3H3,(H,14,17,18)/b10-9-. The summed E-state index contributed by atoms with van der Waals surface area (Å²) in [4.78, 5) is 35.3. The van der Waals surface area contributed by atoms with Crippen molar-refractivity contribution in [2.75, 3.05) is 13.6 Å². The van der Waals surface area contributed by atoms with E-state index < -0.39 is 0 Å². The van der Waals surface area contributed by atoms with Crippen LogP contribution in [-0.2, 0) is 14.4 Å². The number of allylic oxidation sites excluding steroid dienone is 2. The van der Waals surface area contributed by atoms with Crippen molar-refractivity contribution in [1.29, 1.82) is 0 Å². The highest BCUT2D eigenvalue weighted by Gasteiger charge is 2.29. The fourth-order valence-electron chi connectivity index (χ4n) is 2.00. The van der Waals surface area contributed by atoms with E-state index in [4.69, 9.17) is 0 Å². The Morgan fingerprint density at radius 2 is 2.22 bits per heavy atom. The quantitative estimate of drug-likeness (QED) is 0.332. The smallest absolute Gasteiger partial charge is 0.243 e. The van der Waals surface area contributed by atoms with Gasteiger partial charge >= 0.3 is 0 Å². The average molecular weight is 250 g/mol. The van der Waals surface area contributed by atoms with Gasteiger partial charge in [0.25, 0.3) is 0 Å². The third-order valence-electron chi connectivity index (χ3n) is 3.07. The number of carbonyl (C=O) groups is 3. The van der Waals surface area contributed by atoms with E-state index in [9.17, 15) is 14.4 Å². The summed E-state index contributed by atoms with van der Waals surface area (Å²) in [5.74, 6) is -0.496. The van der Waals surface area contributed by atoms with Crippen molar-refractivity contribution in [3.8, 4) is 0 Å². The maximum atomic E-state index is 11.7. The van der Waals surface area contributed by atoms with E-state index in [1.807, 2.05) is 11.8 Å². The lowest BCUT2D eigenvalue weighted by Crippen LogP contribution is -2.51. The van der Waals surface area contributed by atoms with Gasteiger partial charge in [-0.3, -0.25) is 24.6 Å². The molecular weight excluding hydrogens is 232 g/mol. The van der Waals surface area contributed by atoms with E-state index in [1.165, 1.54) is 6.08 Å². The number of carbonyl (C=O) groups excluding carboxylic acids is 3. The summed E-state index contributed by atoms with van der Waals surface area (Å²) in [7, 11) is 1.80. The van der Waals surface area contributed by atoms with Crippen LogP contribution in [0.5, 0.6) is 0 Å². The van der Waals surface area contributed by atoms with Gasteiger partial charge in [0.05, 0.1) is 6.04 Å². The van der Waals surface area contributed by atoms with Gasteiger partial charge in [-0.05, 0) is 26.0 Å². The lowest BCUT2D eigenvalue weighted by molar-refractivity contribution is -0.137. The number of imide groups is 1. The minimum absolute atomic E-state index is 0.225. The van der Waals surface area contributed by atoms with Crippen molar-refractivity contribution in [2.45, 2.75) is 25.8 Å². The molecule has 0 spiro atoms. The minimum Gasteiger partial charge on any atom is -0.298 e. The van der Waals surface area contributed by atoms with Gasteiger partial charge in [0.15, 0.2) is 0 Å².